The van der Waals surface area contributed by atoms with E-state index in [1.807, 2.05) is 30.5 Å². The number of rotatable bonds is 4. The Bertz CT molecular complexity index is 910. The Morgan fingerprint density at radius 3 is 2.58 bits per heavy atom. The normalized spacial score (nSPS) is 22.5. The van der Waals surface area contributed by atoms with Gasteiger partial charge in [0.2, 0.25) is 0 Å². The Morgan fingerprint density at radius 2 is 1.88 bits per heavy atom. The van der Waals surface area contributed by atoms with E-state index in [4.69, 9.17) is 0 Å². The molecule has 0 unspecified atom stereocenters. The average molecular weight is 317 g/mol. The molecule has 3 aromatic rings. The molecule has 2 aromatic carbocycles. The second-order valence-corrected chi connectivity index (χ2v) is 6.63. The van der Waals surface area contributed by atoms with Crippen LogP contribution in [0.5, 0.6) is 0 Å². The molecule has 0 saturated carbocycles. The predicted octanol–water partition coefficient (Wildman–Crippen LogP) is 4.19. The Balaban J connectivity index is 1.99. The van der Waals surface area contributed by atoms with E-state index < -0.39 is 0 Å². The second kappa shape index (κ2) is 5.75. The molecular formula is C21H19NO2. The number of aromatic nitrogens is 1. The third-order valence-corrected chi connectivity index (χ3v) is 5.18. The maximum Gasteiger partial charge on any atom is 0.130 e. The van der Waals surface area contributed by atoms with Crippen LogP contribution in [0.3, 0.4) is 0 Å². The van der Waals surface area contributed by atoms with E-state index in [0.717, 1.165) is 28.5 Å². The van der Waals surface area contributed by atoms with Crippen molar-refractivity contribution in [3.8, 4) is 0 Å². The van der Waals surface area contributed by atoms with Crippen LogP contribution >= 0.6 is 0 Å². The predicted molar refractivity (Wildman–Crippen MR) is 94.2 cm³/mol. The molecule has 4 rings (SSSR count). The maximum atomic E-state index is 12.1. The molecule has 1 heterocycles. The van der Waals surface area contributed by atoms with Crippen molar-refractivity contribution in [3.63, 3.8) is 0 Å². The fraction of sp³-hybridized carbons (Fsp3) is 0.238. The summed E-state index contributed by atoms with van der Waals surface area (Å²) in [7, 11) is 0. The number of aromatic amines is 1. The fourth-order valence-electron chi connectivity index (χ4n) is 4.23. The maximum absolute atomic E-state index is 12.1. The standard InChI is InChI=1S/C21H19NO2/c1-13(24)10-16-15-8-5-9-19-21(15)17(11-22-19)20(18(16)12-23)14-6-3-2-4-7-14/h2-9,11-12,16,18,20,22H,10H2,1H3/t16-,18+,20-/m1/s1. The number of benzene rings is 2. The molecular weight excluding hydrogens is 298 g/mol. The van der Waals surface area contributed by atoms with Crippen molar-refractivity contribution in [2.75, 3.05) is 0 Å². The largest absolute Gasteiger partial charge is 0.361 e. The van der Waals surface area contributed by atoms with Gasteiger partial charge in [0, 0.05) is 41.3 Å². The third-order valence-electron chi connectivity index (χ3n) is 5.18. The van der Waals surface area contributed by atoms with Crippen LogP contribution < -0.4 is 0 Å². The van der Waals surface area contributed by atoms with Crippen LogP contribution in [0.1, 0.15) is 41.9 Å². The van der Waals surface area contributed by atoms with Crippen molar-refractivity contribution in [3.05, 3.63) is 71.4 Å². The van der Waals surface area contributed by atoms with Gasteiger partial charge in [-0.3, -0.25) is 0 Å². The van der Waals surface area contributed by atoms with Gasteiger partial charge in [0.25, 0.3) is 0 Å². The monoisotopic (exact) mass is 317 g/mol. The number of ketones is 1. The molecule has 0 aliphatic heterocycles. The van der Waals surface area contributed by atoms with Gasteiger partial charge >= 0.3 is 0 Å². The number of carbonyl (C=O) groups is 2. The zero-order valence-electron chi connectivity index (χ0n) is 13.5. The van der Waals surface area contributed by atoms with Crippen LogP contribution in [-0.4, -0.2) is 17.1 Å². The smallest absolute Gasteiger partial charge is 0.130 e. The van der Waals surface area contributed by atoms with E-state index in [-0.39, 0.29) is 23.5 Å². The van der Waals surface area contributed by atoms with Gasteiger partial charge in [0.05, 0.1) is 0 Å². The van der Waals surface area contributed by atoms with Gasteiger partial charge in [-0.2, -0.15) is 0 Å². The first-order chi connectivity index (χ1) is 11.7. The lowest BCUT2D eigenvalue weighted by atomic mass is 9.66. The quantitative estimate of drug-likeness (QED) is 0.733. The SMILES string of the molecule is CC(=O)C[C@@H]1c2cccc3[nH]cc(c23)[C@@H](c2ccccc2)[C@H]1C=O. The molecule has 0 radical (unpaired) electrons. The lowest BCUT2D eigenvalue weighted by Crippen LogP contribution is -2.28. The minimum absolute atomic E-state index is 0.0169. The van der Waals surface area contributed by atoms with Gasteiger partial charge in [0.1, 0.15) is 12.1 Å². The minimum Gasteiger partial charge on any atom is -0.361 e. The molecule has 0 bridgehead atoms. The summed E-state index contributed by atoms with van der Waals surface area (Å²) in [6, 6.07) is 16.2. The summed E-state index contributed by atoms with van der Waals surface area (Å²) < 4.78 is 0. The summed E-state index contributed by atoms with van der Waals surface area (Å²) in [5.74, 6) is -0.200. The molecule has 120 valence electrons. The Labute approximate surface area is 140 Å². The van der Waals surface area contributed by atoms with Crippen molar-refractivity contribution in [2.24, 2.45) is 5.92 Å². The van der Waals surface area contributed by atoms with Crippen LogP contribution in [0, 0.1) is 5.92 Å². The molecule has 1 N–H and O–H groups in total. The topological polar surface area (TPSA) is 49.9 Å². The van der Waals surface area contributed by atoms with Crippen molar-refractivity contribution in [2.45, 2.75) is 25.2 Å². The Morgan fingerprint density at radius 1 is 1.08 bits per heavy atom. The van der Waals surface area contributed by atoms with E-state index >= 15 is 0 Å². The van der Waals surface area contributed by atoms with Gasteiger partial charge in [-0.25, -0.2) is 0 Å². The number of aldehydes is 1. The van der Waals surface area contributed by atoms with E-state index in [1.165, 1.54) is 5.39 Å². The summed E-state index contributed by atoms with van der Waals surface area (Å²) in [6.45, 7) is 1.60. The van der Waals surface area contributed by atoms with Crippen molar-refractivity contribution in [1.29, 1.82) is 0 Å². The number of H-pyrrole nitrogens is 1. The number of hydrogen-bond acceptors (Lipinski definition) is 2. The van der Waals surface area contributed by atoms with Gasteiger partial charge < -0.3 is 14.6 Å². The zero-order valence-corrected chi connectivity index (χ0v) is 13.5. The lowest BCUT2D eigenvalue weighted by molar-refractivity contribution is -0.118. The van der Waals surface area contributed by atoms with E-state index in [1.54, 1.807) is 6.92 Å². The van der Waals surface area contributed by atoms with E-state index in [2.05, 4.69) is 29.2 Å². The van der Waals surface area contributed by atoms with Gasteiger partial charge in [0.15, 0.2) is 0 Å². The number of hydrogen-bond donors (Lipinski definition) is 1. The van der Waals surface area contributed by atoms with Crippen LogP contribution in [-0.2, 0) is 9.59 Å². The Hall–Kier alpha value is -2.68. The van der Waals surface area contributed by atoms with Crippen LogP contribution in [0.15, 0.2) is 54.7 Å². The summed E-state index contributed by atoms with van der Waals surface area (Å²) >= 11 is 0. The lowest BCUT2D eigenvalue weighted by Gasteiger charge is -2.35. The highest BCUT2D eigenvalue weighted by Crippen LogP contribution is 2.49. The molecule has 1 aliphatic carbocycles. The molecule has 3 heteroatoms. The molecule has 0 amide bonds. The van der Waals surface area contributed by atoms with E-state index in [0.29, 0.717) is 6.42 Å². The molecule has 0 fully saturated rings. The number of nitrogens with one attached hydrogen (secondary N) is 1. The molecule has 0 spiro atoms. The number of Topliss-reactive ketones (excluding diaryl/α,β-unsaturated/α-hetero) is 1. The first-order valence-electron chi connectivity index (χ1n) is 8.30. The highest BCUT2D eigenvalue weighted by Gasteiger charge is 2.39. The van der Waals surface area contributed by atoms with E-state index in [9.17, 15) is 9.59 Å². The van der Waals surface area contributed by atoms with Crippen LogP contribution in [0.25, 0.3) is 10.9 Å². The molecule has 3 nitrogen and oxygen atoms in total. The minimum atomic E-state index is -0.231. The summed E-state index contributed by atoms with van der Waals surface area (Å²) in [5, 5.41) is 1.18. The average Bonchev–Trinajstić information content (AvgIpc) is 3.02. The second-order valence-electron chi connectivity index (χ2n) is 6.63. The molecule has 3 atom stereocenters. The van der Waals surface area contributed by atoms with Gasteiger partial charge in [-0.15, -0.1) is 0 Å². The summed E-state index contributed by atoms with van der Waals surface area (Å²) in [5.41, 5.74) is 4.46. The van der Waals surface area contributed by atoms with Crippen molar-refractivity contribution in [1.82, 2.24) is 4.98 Å². The van der Waals surface area contributed by atoms with Crippen molar-refractivity contribution < 1.29 is 9.59 Å². The summed E-state index contributed by atoms with van der Waals surface area (Å²) in [4.78, 5) is 27.3. The zero-order chi connectivity index (χ0) is 16.7. The van der Waals surface area contributed by atoms with Crippen LogP contribution in [0.4, 0.5) is 0 Å². The first-order valence-corrected chi connectivity index (χ1v) is 8.30. The highest BCUT2D eigenvalue weighted by molar-refractivity contribution is 5.92. The van der Waals surface area contributed by atoms with Gasteiger partial charge in [-0.05, 0) is 29.7 Å². The summed E-state index contributed by atoms with van der Waals surface area (Å²) in [6.07, 6.45) is 3.46. The third kappa shape index (κ3) is 2.20. The van der Waals surface area contributed by atoms with Crippen LogP contribution in [0.2, 0.25) is 0 Å². The van der Waals surface area contributed by atoms with Crippen molar-refractivity contribution >= 4 is 23.0 Å². The first kappa shape index (κ1) is 14.9. The number of carbonyl (C=O) groups excluding carboxylic acids is 2. The molecule has 1 aliphatic rings. The molecule has 1 aromatic heterocycles. The molecule has 24 heavy (non-hydrogen) atoms. The molecule has 0 saturated heterocycles. The Kier molecular flexibility index (Phi) is 3.57. The van der Waals surface area contributed by atoms with Gasteiger partial charge in [-0.1, -0.05) is 42.5 Å². The highest BCUT2D eigenvalue weighted by atomic mass is 16.1. The fourth-order valence-corrected chi connectivity index (χ4v) is 4.23.